The molecule has 1 aliphatic heterocycles. The van der Waals surface area contributed by atoms with Gasteiger partial charge in [-0.15, -0.1) is 0 Å². The number of hydrogen-bond acceptors (Lipinski definition) is 3. The second-order valence-corrected chi connectivity index (χ2v) is 6.49. The number of benzene rings is 1. The molecule has 4 nitrogen and oxygen atoms in total. The molecule has 0 aromatic heterocycles. The van der Waals surface area contributed by atoms with Gasteiger partial charge in [0, 0.05) is 29.0 Å². The molecule has 0 saturated heterocycles. The second-order valence-electron chi connectivity index (χ2n) is 5.57. The molecule has 1 aromatic carbocycles. The van der Waals surface area contributed by atoms with E-state index in [1.165, 1.54) is 5.56 Å². The minimum atomic E-state index is -0.227. The van der Waals surface area contributed by atoms with Gasteiger partial charge in [-0.05, 0) is 38.0 Å². The van der Waals surface area contributed by atoms with E-state index >= 15 is 0 Å². The Morgan fingerprint density at radius 2 is 2.19 bits per heavy atom. The Labute approximate surface area is 134 Å². The Balaban J connectivity index is 1.96. The fourth-order valence-corrected chi connectivity index (χ4v) is 2.86. The molecule has 0 saturated carbocycles. The number of hydrogen-bond donors (Lipinski definition) is 2. The number of amides is 1. The molecule has 0 radical (unpaired) electrons. The summed E-state index contributed by atoms with van der Waals surface area (Å²) in [6.45, 7) is 7.32. The molecule has 1 aromatic rings. The van der Waals surface area contributed by atoms with E-state index in [1.54, 1.807) is 0 Å². The van der Waals surface area contributed by atoms with Crippen LogP contribution in [0.5, 0.6) is 5.75 Å². The number of carbonyl (C=O) groups excluding carboxylic acids is 1. The van der Waals surface area contributed by atoms with Crippen molar-refractivity contribution >= 4 is 21.8 Å². The van der Waals surface area contributed by atoms with Crippen LogP contribution in [0, 0.1) is 0 Å². The predicted molar refractivity (Wildman–Crippen MR) is 87.5 cm³/mol. The minimum Gasteiger partial charge on any atom is -0.493 e. The SMILES string of the molecule is CCC(C)NC(=O)C(C)NCc1cc(Br)cc2c1OCC2. The van der Waals surface area contributed by atoms with Crippen molar-refractivity contribution in [2.75, 3.05) is 6.61 Å². The van der Waals surface area contributed by atoms with Gasteiger partial charge in [0.05, 0.1) is 12.6 Å². The van der Waals surface area contributed by atoms with E-state index in [4.69, 9.17) is 4.74 Å². The van der Waals surface area contributed by atoms with E-state index in [9.17, 15) is 4.79 Å². The van der Waals surface area contributed by atoms with E-state index in [0.717, 1.165) is 35.2 Å². The third-order valence-electron chi connectivity index (χ3n) is 3.82. The molecular formula is C16H23BrN2O2. The van der Waals surface area contributed by atoms with Crippen molar-refractivity contribution < 1.29 is 9.53 Å². The van der Waals surface area contributed by atoms with E-state index in [-0.39, 0.29) is 18.0 Å². The molecule has 1 amide bonds. The molecule has 0 bridgehead atoms. The Hall–Kier alpha value is -1.07. The van der Waals surface area contributed by atoms with Crippen LogP contribution in [0.2, 0.25) is 0 Å². The number of carbonyl (C=O) groups is 1. The van der Waals surface area contributed by atoms with Gasteiger partial charge >= 0.3 is 0 Å². The van der Waals surface area contributed by atoms with Crippen LogP contribution in [0.25, 0.3) is 0 Å². The Morgan fingerprint density at radius 3 is 2.90 bits per heavy atom. The monoisotopic (exact) mass is 354 g/mol. The standard InChI is InChI=1S/C16H23BrN2O2/c1-4-10(2)19-16(20)11(3)18-9-13-8-14(17)7-12-5-6-21-15(12)13/h7-8,10-11,18H,4-6,9H2,1-3H3,(H,19,20). The first-order valence-electron chi connectivity index (χ1n) is 7.49. The first-order valence-corrected chi connectivity index (χ1v) is 8.28. The lowest BCUT2D eigenvalue weighted by atomic mass is 10.1. The molecule has 0 aliphatic carbocycles. The van der Waals surface area contributed by atoms with Crippen molar-refractivity contribution in [2.45, 2.75) is 52.2 Å². The molecule has 116 valence electrons. The average molecular weight is 355 g/mol. The Kier molecular flexibility index (Phi) is 5.65. The number of fused-ring (bicyclic) bond motifs is 1. The topological polar surface area (TPSA) is 50.4 Å². The molecule has 0 spiro atoms. The Bertz CT molecular complexity index is 519. The van der Waals surface area contributed by atoms with Gasteiger partial charge in [0.25, 0.3) is 0 Å². The number of rotatable bonds is 6. The summed E-state index contributed by atoms with van der Waals surface area (Å²) in [7, 11) is 0. The summed E-state index contributed by atoms with van der Waals surface area (Å²) in [5.74, 6) is 1.01. The summed E-state index contributed by atoms with van der Waals surface area (Å²) >= 11 is 3.53. The van der Waals surface area contributed by atoms with Gasteiger partial charge < -0.3 is 15.4 Å². The highest BCUT2D eigenvalue weighted by Gasteiger charge is 2.19. The van der Waals surface area contributed by atoms with Crippen LogP contribution in [0.1, 0.15) is 38.3 Å². The van der Waals surface area contributed by atoms with Crippen LogP contribution >= 0.6 is 15.9 Å². The third-order valence-corrected chi connectivity index (χ3v) is 4.28. The predicted octanol–water partition coefficient (Wildman–Crippen LogP) is 2.78. The summed E-state index contributed by atoms with van der Waals surface area (Å²) in [4.78, 5) is 12.0. The zero-order valence-corrected chi connectivity index (χ0v) is 14.4. The van der Waals surface area contributed by atoms with Crippen LogP contribution in [-0.2, 0) is 17.8 Å². The summed E-state index contributed by atoms with van der Waals surface area (Å²) in [5, 5.41) is 6.26. The number of ether oxygens (including phenoxy) is 1. The van der Waals surface area contributed by atoms with Crippen molar-refractivity contribution in [1.82, 2.24) is 10.6 Å². The molecule has 2 atom stereocenters. The minimum absolute atomic E-state index is 0.0388. The first-order chi connectivity index (χ1) is 10.0. The first kappa shape index (κ1) is 16.3. The van der Waals surface area contributed by atoms with Crippen molar-refractivity contribution in [3.63, 3.8) is 0 Å². The molecule has 1 heterocycles. The smallest absolute Gasteiger partial charge is 0.237 e. The van der Waals surface area contributed by atoms with Gasteiger partial charge in [-0.25, -0.2) is 0 Å². The highest BCUT2D eigenvalue weighted by Crippen LogP contribution is 2.32. The third kappa shape index (κ3) is 4.20. The van der Waals surface area contributed by atoms with E-state index in [2.05, 4.69) is 45.6 Å². The lowest BCUT2D eigenvalue weighted by Gasteiger charge is -2.18. The van der Waals surface area contributed by atoms with Crippen molar-refractivity contribution in [3.8, 4) is 5.75 Å². The normalized spacial score (nSPS) is 16.0. The quantitative estimate of drug-likeness (QED) is 0.825. The second kappa shape index (κ2) is 7.27. The van der Waals surface area contributed by atoms with Crippen molar-refractivity contribution in [1.29, 1.82) is 0 Å². The highest BCUT2D eigenvalue weighted by atomic mass is 79.9. The molecular weight excluding hydrogens is 332 g/mol. The lowest BCUT2D eigenvalue weighted by Crippen LogP contribution is -2.45. The fraction of sp³-hybridized carbons (Fsp3) is 0.562. The van der Waals surface area contributed by atoms with Crippen LogP contribution in [0.15, 0.2) is 16.6 Å². The van der Waals surface area contributed by atoms with Crippen LogP contribution in [0.3, 0.4) is 0 Å². The molecule has 2 N–H and O–H groups in total. The van der Waals surface area contributed by atoms with Crippen LogP contribution in [0.4, 0.5) is 0 Å². The van der Waals surface area contributed by atoms with Gasteiger partial charge in [-0.3, -0.25) is 4.79 Å². The number of nitrogens with one attached hydrogen (secondary N) is 2. The molecule has 2 rings (SSSR count). The van der Waals surface area contributed by atoms with E-state index < -0.39 is 0 Å². The van der Waals surface area contributed by atoms with Gasteiger partial charge in [0.15, 0.2) is 0 Å². The number of halogens is 1. The zero-order valence-electron chi connectivity index (χ0n) is 12.8. The maximum absolute atomic E-state index is 12.0. The molecule has 1 aliphatic rings. The molecule has 5 heteroatoms. The summed E-state index contributed by atoms with van der Waals surface area (Å²) < 4.78 is 6.75. The van der Waals surface area contributed by atoms with Gasteiger partial charge in [0.2, 0.25) is 5.91 Å². The van der Waals surface area contributed by atoms with Gasteiger partial charge in [-0.2, -0.15) is 0 Å². The summed E-state index contributed by atoms with van der Waals surface area (Å²) in [5.41, 5.74) is 2.33. The van der Waals surface area contributed by atoms with Gasteiger partial charge in [0.1, 0.15) is 5.75 Å². The molecule has 0 fully saturated rings. The zero-order chi connectivity index (χ0) is 15.4. The lowest BCUT2D eigenvalue weighted by molar-refractivity contribution is -0.123. The summed E-state index contributed by atoms with van der Waals surface area (Å²) in [6, 6.07) is 4.14. The summed E-state index contributed by atoms with van der Waals surface area (Å²) in [6.07, 6.45) is 1.89. The fourth-order valence-electron chi connectivity index (χ4n) is 2.30. The van der Waals surface area contributed by atoms with Crippen LogP contribution < -0.4 is 15.4 Å². The Morgan fingerprint density at radius 1 is 1.43 bits per heavy atom. The van der Waals surface area contributed by atoms with Gasteiger partial charge in [-0.1, -0.05) is 22.9 Å². The highest BCUT2D eigenvalue weighted by molar-refractivity contribution is 9.10. The van der Waals surface area contributed by atoms with Crippen LogP contribution in [-0.4, -0.2) is 24.6 Å². The maximum Gasteiger partial charge on any atom is 0.237 e. The van der Waals surface area contributed by atoms with Crippen molar-refractivity contribution in [2.24, 2.45) is 0 Å². The largest absolute Gasteiger partial charge is 0.493 e. The maximum atomic E-state index is 12.0. The van der Waals surface area contributed by atoms with Crippen molar-refractivity contribution in [3.05, 3.63) is 27.7 Å². The van der Waals surface area contributed by atoms with E-state index in [0.29, 0.717) is 6.54 Å². The molecule has 21 heavy (non-hydrogen) atoms. The average Bonchev–Trinajstić information content (AvgIpc) is 2.92. The van der Waals surface area contributed by atoms with E-state index in [1.807, 2.05) is 13.8 Å². The molecule has 2 unspecified atom stereocenters.